The number of amides is 2. The van der Waals surface area contributed by atoms with Crippen LogP contribution in [0.1, 0.15) is 26.7 Å². The number of nitrogens with two attached hydrogens (primary N) is 1. The van der Waals surface area contributed by atoms with E-state index < -0.39 is 0 Å². The van der Waals surface area contributed by atoms with Crippen LogP contribution in [0.5, 0.6) is 0 Å². The summed E-state index contributed by atoms with van der Waals surface area (Å²) in [7, 11) is 3.34. The molecule has 2 aromatic rings. The van der Waals surface area contributed by atoms with E-state index in [0.717, 1.165) is 0 Å². The van der Waals surface area contributed by atoms with Crippen LogP contribution in [0.15, 0.2) is 40.8 Å². The Morgan fingerprint density at radius 1 is 1.24 bits per heavy atom. The number of hydrogen-bond acceptors (Lipinski definition) is 4. The van der Waals surface area contributed by atoms with Crippen LogP contribution in [0.3, 0.4) is 0 Å². The van der Waals surface area contributed by atoms with E-state index in [1.165, 1.54) is 4.90 Å². The van der Waals surface area contributed by atoms with Gasteiger partial charge in [-0.15, -0.1) is 0 Å². The number of carbonyl (C=O) groups excluding carboxylic acids is 2. The van der Waals surface area contributed by atoms with Crippen LogP contribution in [0.25, 0.3) is 0 Å². The first-order chi connectivity index (χ1) is 10.0. The highest BCUT2D eigenvalue weighted by molar-refractivity contribution is 6.03. The first-order valence-electron chi connectivity index (χ1n) is 6.43. The molecule has 2 rings (SSSR count). The first kappa shape index (κ1) is 14.8. The fraction of sp³-hybridized carbons (Fsp3) is 0.200. The zero-order valence-corrected chi connectivity index (χ0v) is 11.9. The van der Waals surface area contributed by atoms with Gasteiger partial charge in [-0.2, -0.15) is 0 Å². The number of carbonyl (C=O) groups is 2. The normalized spacial score (nSPS) is 10.2. The van der Waals surface area contributed by atoms with Gasteiger partial charge in [-0.25, -0.2) is 0 Å². The second-order valence-corrected chi connectivity index (χ2v) is 4.70. The van der Waals surface area contributed by atoms with Crippen molar-refractivity contribution in [3.8, 4) is 0 Å². The Labute approximate surface area is 122 Å². The number of furan rings is 1. The maximum absolute atomic E-state index is 12.0. The molecule has 0 aliphatic rings. The van der Waals surface area contributed by atoms with Crippen LogP contribution >= 0.6 is 0 Å². The van der Waals surface area contributed by atoms with Gasteiger partial charge in [0.2, 0.25) is 0 Å². The zero-order valence-electron chi connectivity index (χ0n) is 11.9. The lowest BCUT2D eigenvalue weighted by molar-refractivity contribution is 0.0827. The van der Waals surface area contributed by atoms with Gasteiger partial charge in [-0.1, -0.05) is 6.07 Å². The molecule has 3 N–H and O–H groups in total. The van der Waals surface area contributed by atoms with Crippen LogP contribution < -0.4 is 11.1 Å². The fourth-order valence-electron chi connectivity index (χ4n) is 1.79. The molecule has 2 amide bonds. The molecule has 0 fully saturated rings. The minimum atomic E-state index is -0.385. The monoisotopic (exact) mass is 287 g/mol. The maximum Gasteiger partial charge on any atom is 0.291 e. The molecule has 0 aliphatic heterocycles. The summed E-state index contributed by atoms with van der Waals surface area (Å²) in [4.78, 5) is 25.4. The van der Waals surface area contributed by atoms with Gasteiger partial charge < -0.3 is 20.4 Å². The third kappa shape index (κ3) is 3.49. The highest BCUT2D eigenvalue weighted by Gasteiger charge is 2.13. The minimum Gasteiger partial charge on any atom is -0.455 e. The average molecular weight is 287 g/mol. The molecule has 6 heteroatoms. The summed E-state index contributed by atoms with van der Waals surface area (Å²) in [5, 5.41) is 2.69. The summed E-state index contributed by atoms with van der Waals surface area (Å²) in [6.45, 7) is 0.236. The number of benzene rings is 1. The number of nitrogens with one attached hydrogen (secondary N) is 1. The fourth-order valence-corrected chi connectivity index (χ4v) is 1.79. The van der Waals surface area contributed by atoms with Crippen LogP contribution in [0.2, 0.25) is 0 Å². The molecule has 0 saturated carbocycles. The lowest BCUT2D eigenvalue weighted by Crippen LogP contribution is -2.21. The van der Waals surface area contributed by atoms with Gasteiger partial charge in [0.1, 0.15) is 5.76 Å². The molecule has 0 spiro atoms. The van der Waals surface area contributed by atoms with E-state index in [1.807, 2.05) is 0 Å². The van der Waals surface area contributed by atoms with Crippen LogP contribution in [-0.2, 0) is 6.54 Å². The summed E-state index contributed by atoms with van der Waals surface area (Å²) in [6.07, 6.45) is 0. The first-order valence-corrected chi connectivity index (χ1v) is 6.43. The lowest BCUT2D eigenvalue weighted by Gasteiger charge is -2.11. The van der Waals surface area contributed by atoms with E-state index in [2.05, 4.69) is 5.32 Å². The van der Waals surface area contributed by atoms with Crippen molar-refractivity contribution in [1.29, 1.82) is 0 Å². The van der Waals surface area contributed by atoms with Crippen molar-refractivity contribution in [2.24, 2.45) is 5.73 Å². The van der Waals surface area contributed by atoms with Crippen molar-refractivity contribution >= 4 is 17.5 Å². The van der Waals surface area contributed by atoms with E-state index in [9.17, 15) is 9.59 Å². The second kappa shape index (κ2) is 6.23. The van der Waals surface area contributed by atoms with Gasteiger partial charge in [0.05, 0.1) is 6.54 Å². The molecule has 1 aromatic carbocycles. The predicted octanol–water partition coefficient (Wildman–Crippen LogP) is 1.69. The second-order valence-electron chi connectivity index (χ2n) is 4.70. The molecule has 110 valence electrons. The Morgan fingerprint density at radius 3 is 2.62 bits per heavy atom. The third-order valence-corrected chi connectivity index (χ3v) is 2.86. The van der Waals surface area contributed by atoms with Crippen molar-refractivity contribution < 1.29 is 14.0 Å². The number of nitrogens with zero attached hydrogens (tertiary/aromatic N) is 1. The topological polar surface area (TPSA) is 88.6 Å². The molecule has 0 radical (unpaired) electrons. The van der Waals surface area contributed by atoms with E-state index in [4.69, 9.17) is 10.2 Å². The van der Waals surface area contributed by atoms with Gasteiger partial charge >= 0.3 is 0 Å². The lowest BCUT2D eigenvalue weighted by atomic mass is 10.2. The molecule has 0 bridgehead atoms. The summed E-state index contributed by atoms with van der Waals surface area (Å²) in [5.41, 5.74) is 6.46. The molecule has 21 heavy (non-hydrogen) atoms. The summed E-state index contributed by atoms with van der Waals surface area (Å²) in [5.74, 6) is 0.204. The maximum atomic E-state index is 12.0. The molecule has 6 nitrogen and oxygen atoms in total. The zero-order chi connectivity index (χ0) is 15.4. The highest BCUT2D eigenvalue weighted by atomic mass is 16.4. The van der Waals surface area contributed by atoms with E-state index in [1.54, 1.807) is 50.5 Å². The summed E-state index contributed by atoms with van der Waals surface area (Å²) in [6, 6.07) is 9.94. The minimum absolute atomic E-state index is 0.130. The Balaban J connectivity index is 2.14. The number of rotatable bonds is 4. The largest absolute Gasteiger partial charge is 0.455 e. The van der Waals surface area contributed by atoms with Crippen molar-refractivity contribution in [3.63, 3.8) is 0 Å². The Hall–Kier alpha value is -2.60. The molecule has 1 aromatic heterocycles. The Morgan fingerprint density at radius 2 is 2.00 bits per heavy atom. The molecule has 0 saturated heterocycles. The van der Waals surface area contributed by atoms with E-state index in [0.29, 0.717) is 17.0 Å². The number of hydrogen-bond donors (Lipinski definition) is 2. The molecule has 1 heterocycles. The van der Waals surface area contributed by atoms with Gasteiger partial charge in [-0.3, -0.25) is 9.59 Å². The SMILES string of the molecule is CN(C)C(=O)c1cccc(NC(=O)c2ccc(CN)o2)c1. The van der Waals surface area contributed by atoms with Gasteiger partial charge in [0, 0.05) is 25.3 Å². The van der Waals surface area contributed by atoms with Crippen LogP contribution in [0.4, 0.5) is 5.69 Å². The van der Waals surface area contributed by atoms with Crippen molar-refractivity contribution in [3.05, 3.63) is 53.5 Å². The van der Waals surface area contributed by atoms with Gasteiger partial charge in [-0.05, 0) is 30.3 Å². The van der Waals surface area contributed by atoms with Crippen LogP contribution in [-0.4, -0.2) is 30.8 Å². The Bertz CT molecular complexity index is 662. The molecular weight excluding hydrogens is 270 g/mol. The summed E-state index contributed by atoms with van der Waals surface area (Å²) < 4.78 is 5.27. The predicted molar refractivity (Wildman–Crippen MR) is 79.0 cm³/mol. The molecule has 0 aliphatic carbocycles. The van der Waals surface area contributed by atoms with Crippen molar-refractivity contribution in [1.82, 2.24) is 4.90 Å². The molecular formula is C15H17N3O3. The van der Waals surface area contributed by atoms with Gasteiger partial charge in [0.15, 0.2) is 5.76 Å². The Kier molecular flexibility index (Phi) is 4.39. The standard InChI is InChI=1S/C15H17N3O3/c1-18(2)15(20)10-4-3-5-11(8-10)17-14(19)13-7-6-12(9-16)21-13/h3-8H,9,16H2,1-2H3,(H,17,19). The van der Waals surface area contributed by atoms with Gasteiger partial charge in [0.25, 0.3) is 11.8 Å². The van der Waals surface area contributed by atoms with E-state index in [-0.39, 0.29) is 24.1 Å². The van der Waals surface area contributed by atoms with Crippen LogP contribution in [0, 0.1) is 0 Å². The summed E-state index contributed by atoms with van der Waals surface area (Å²) >= 11 is 0. The van der Waals surface area contributed by atoms with Crippen molar-refractivity contribution in [2.75, 3.05) is 19.4 Å². The quantitative estimate of drug-likeness (QED) is 0.895. The van der Waals surface area contributed by atoms with E-state index >= 15 is 0 Å². The molecule has 0 unspecified atom stereocenters. The molecule has 0 atom stereocenters. The average Bonchev–Trinajstić information content (AvgIpc) is 2.95. The highest BCUT2D eigenvalue weighted by Crippen LogP contribution is 2.14. The number of anilines is 1. The third-order valence-electron chi connectivity index (χ3n) is 2.86. The van der Waals surface area contributed by atoms with Crippen molar-refractivity contribution in [2.45, 2.75) is 6.54 Å². The smallest absolute Gasteiger partial charge is 0.291 e.